The van der Waals surface area contributed by atoms with Crippen molar-refractivity contribution in [1.29, 1.82) is 5.41 Å². The Morgan fingerprint density at radius 3 is 2.26 bits per heavy atom. The number of hydrogen-bond donors (Lipinski definition) is 2. The molecule has 0 spiro atoms. The Morgan fingerprint density at radius 1 is 1.05 bits per heavy atom. The standard InChI is InChI=1S/C15H14N2O2/c1-19-15(18)13-8-11(7-12(9-13)14(16)17)10-5-3-2-4-6-10/h2-9H,1H3,(H3,16,17). The van der Waals surface area contributed by atoms with E-state index in [9.17, 15) is 4.79 Å². The number of amidine groups is 1. The number of nitrogen functional groups attached to an aromatic ring is 1. The maximum Gasteiger partial charge on any atom is 0.337 e. The van der Waals surface area contributed by atoms with Gasteiger partial charge in [0.1, 0.15) is 5.84 Å². The molecule has 2 rings (SSSR count). The topological polar surface area (TPSA) is 76.2 Å². The first-order valence-corrected chi connectivity index (χ1v) is 5.75. The van der Waals surface area contributed by atoms with Crippen molar-refractivity contribution in [2.75, 3.05) is 7.11 Å². The van der Waals surface area contributed by atoms with Crippen molar-refractivity contribution < 1.29 is 9.53 Å². The zero-order valence-corrected chi connectivity index (χ0v) is 10.5. The molecule has 0 aromatic heterocycles. The molecule has 0 atom stereocenters. The normalized spacial score (nSPS) is 9.95. The Morgan fingerprint density at radius 2 is 1.68 bits per heavy atom. The smallest absolute Gasteiger partial charge is 0.337 e. The van der Waals surface area contributed by atoms with E-state index < -0.39 is 5.97 Å². The fraction of sp³-hybridized carbons (Fsp3) is 0.0667. The highest BCUT2D eigenvalue weighted by molar-refractivity contribution is 6.00. The summed E-state index contributed by atoms with van der Waals surface area (Å²) >= 11 is 0. The van der Waals surface area contributed by atoms with Crippen LogP contribution in [0.15, 0.2) is 48.5 Å². The van der Waals surface area contributed by atoms with Crippen LogP contribution in [0.4, 0.5) is 0 Å². The van der Waals surface area contributed by atoms with Crippen molar-refractivity contribution in [3.63, 3.8) is 0 Å². The zero-order valence-electron chi connectivity index (χ0n) is 10.5. The summed E-state index contributed by atoms with van der Waals surface area (Å²) in [6.45, 7) is 0. The molecule has 0 aliphatic rings. The lowest BCUT2D eigenvalue weighted by Gasteiger charge is -2.08. The third-order valence-corrected chi connectivity index (χ3v) is 2.77. The van der Waals surface area contributed by atoms with Crippen LogP contribution in [-0.2, 0) is 4.74 Å². The summed E-state index contributed by atoms with van der Waals surface area (Å²) < 4.78 is 4.71. The molecule has 0 aliphatic heterocycles. The van der Waals surface area contributed by atoms with Gasteiger partial charge in [0, 0.05) is 5.56 Å². The van der Waals surface area contributed by atoms with Crippen LogP contribution in [0.1, 0.15) is 15.9 Å². The summed E-state index contributed by atoms with van der Waals surface area (Å²) in [6, 6.07) is 14.7. The van der Waals surface area contributed by atoms with E-state index in [1.54, 1.807) is 18.2 Å². The summed E-state index contributed by atoms with van der Waals surface area (Å²) in [5.74, 6) is -0.525. The van der Waals surface area contributed by atoms with E-state index >= 15 is 0 Å². The molecule has 4 heteroatoms. The van der Waals surface area contributed by atoms with E-state index in [0.29, 0.717) is 11.1 Å². The summed E-state index contributed by atoms with van der Waals surface area (Å²) in [5.41, 5.74) is 8.17. The molecule has 0 unspecified atom stereocenters. The van der Waals surface area contributed by atoms with Crippen molar-refractivity contribution in [3.8, 4) is 11.1 Å². The number of nitrogens with two attached hydrogens (primary N) is 1. The molecule has 0 fully saturated rings. The van der Waals surface area contributed by atoms with Crippen molar-refractivity contribution in [2.24, 2.45) is 5.73 Å². The van der Waals surface area contributed by atoms with E-state index in [4.69, 9.17) is 15.9 Å². The Labute approximate surface area is 111 Å². The molecule has 2 aromatic rings. The molecule has 0 radical (unpaired) electrons. The van der Waals surface area contributed by atoms with E-state index in [-0.39, 0.29) is 5.84 Å². The van der Waals surface area contributed by atoms with Crippen molar-refractivity contribution in [3.05, 3.63) is 59.7 Å². The molecule has 0 heterocycles. The number of benzene rings is 2. The highest BCUT2D eigenvalue weighted by atomic mass is 16.5. The summed E-state index contributed by atoms with van der Waals surface area (Å²) in [5, 5.41) is 7.51. The molecule has 19 heavy (non-hydrogen) atoms. The average Bonchev–Trinajstić information content (AvgIpc) is 2.46. The van der Waals surface area contributed by atoms with Crippen LogP contribution in [0.5, 0.6) is 0 Å². The van der Waals surface area contributed by atoms with Crippen LogP contribution in [0, 0.1) is 5.41 Å². The number of carbonyl (C=O) groups is 1. The van der Waals surface area contributed by atoms with Crippen molar-refractivity contribution in [1.82, 2.24) is 0 Å². The third-order valence-electron chi connectivity index (χ3n) is 2.77. The van der Waals surface area contributed by atoms with Crippen LogP contribution in [0.2, 0.25) is 0 Å². The number of nitrogens with one attached hydrogen (secondary N) is 1. The summed E-state index contributed by atoms with van der Waals surface area (Å²) in [4.78, 5) is 11.6. The predicted octanol–water partition coefficient (Wildman–Crippen LogP) is 2.42. The number of esters is 1. The number of rotatable bonds is 3. The average molecular weight is 254 g/mol. The molecule has 96 valence electrons. The minimum atomic E-state index is -0.444. The third kappa shape index (κ3) is 2.80. The number of hydrogen-bond acceptors (Lipinski definition) is 3. The monoisotopic (exact) mass is 254 g/mol. The maximum atomic E-state index is 11.6. The Balaban J connectivity index is 2.58. The Hall–Kier alpha value is -2.62. The van der Waals surface area contributed by atoms with Gasteiger partial charge in [-0.25, -0.2) is 4.79 Å². The van der Waals surface area contributed by atoms with Gasteiger partial charge < -0.3 is 10.5 Å². The molecular formula is C15H14N2O2. The van der Waals surface area contributed by atoms with Gasteiger partial charge in [-0.1, -0.05) is 30.3 Å². The lowest BCUT2D eigenvalue weighted by atomic mass is 9.99. The Kier molecular flexibility index (Phi) is 3.61. The maximum absolute atomic E-state index is 11.6. The lowest BCUT2D eigenvalue weighted by Crippen LogP contribution is -2.13. The molecule has 0 amide bonds. The minimum absolute atomic E-state index is 0.0806. The molecule has 0 saturated heterocycles. The van der Waals surface area contributed by atoms with E-state index in [1.807, 2.05) is 30.3 Å². The quantitative estimate of drug-likeness (QED) is 0.501. The number of methoxy groups -OCH3 is 1. The van der Waals surface area contributed by atoms with Gasteiger partial charge in [-0.15, -0.1) is 0 Å². The van der Waals surface area contributed by atoms with Crippen molar-refractivity contribution in [2.45, 2.75) is 0 Å². The van der Waals surface area contributed by atoms with Crippen LogP contribution in [0.25, 0.3) is 11.1 Å². The molecule has 2 aromatic carbocycles. The van der Waals surface area contributed by atoms with Crippen LogP contribution in [0.3, 0.4) is 0 Å². The first kappa shape index (κ1) is 12.8. The van der Waals surface area contributed by atoms with E-state index in [1.165, 1.54) is 7.11 Å². The highest BCUT2D eigenvalue weighted by Gasteiger charge is 2.11. The molecule has 4 nitrogen and oxygen atoms in total. The lowest BCUT2D eigenvalue weighted by molar-refractivity contribution is 0.0601. The van der Waals surface area contributed by atoms with Crippen LogP contribution >= 0.6 is 0 Å². The zero-order chi connectivity index (χ0) is 13.8. The van der Waals surface area contributed by atoms with Gasteiger partial charge in [-0.2, -0.15) is 0 Å². The molecule has 3 N–H and O–H groups in total. The van der Waals surface area contributed by atoms with Gasteiger partial charge >= 0.3 is 5.97 Å². The Bertz CT molecular complexity index is 621. The molecule has 0 saturated carbocycles. The first-order valence-electron chi connectivity index (χ1n) is 5.75. The minimum Gasteiger partial charge on any atom is -0.465 e. The fourth-order valence-corrected chi connectivity index (χ4v) is 1.82. The van der Waals surface area contributed by atoms with Gasteiger partial charge in [0.25, 0.3) is 0 Å². The summed E-state index contributed by atoms with van der Waals surface area (Å²) in [6.07, 6.45) is 0. The van der Waals surface area contributed by atoms with E-state index in [2.05, 4.69) is 0 Å². The van der Waals surface area contributed by atoms with Gasteiger partial charge in [0.2, 0.25) is 0 Å². The second-order valence-electron chi connectivity index (χ2n) is 4.07. The van der Waals surface area contributed by atoms with Gasteiger partial charge in [0.05, 0.1) is 12.7 Å². The molecular weight excluding hydrogens is 240 g/mol. The van der Waals surface area contributed by atoms with Crippen LogP contribution < -0.4 is 5.73 Å². The SMILES string of the molecule is COC(=O)c1cc(C(=N)N)cc(-c2ccccc2)c1. The van der Waals surface area contributed by atoms with Gasteiger partial charge in [0.15, 0.2) is 0 Å². The summed E-state index contributed by atoms with van der Waals surface area (Å²) in [7, 11) is 1.32. The largest absolute Gasteiger partial charge is 0.465 e. The highest BCUT2D eigenvalue weighted by Crippen LogP contribution is 2.22. The fourth-order valence-electron chi connectivity index (χ4n) is 1.82. The van der Waals surface area contributed by atoms with E-state index in [0.717, 1.165) is 11.1 Å². The second kappa shape index (κ2) is 5.35. The number of ether oxygens (including phenoxy) is 1. The van der Waals surface area contributed by atoms with Crippen molar-refractivity contribution >= 4 is 11.8 Å². The molecule has 0 aliphatic carbocycles. The second-order valence-corrected chi connectivity index (χ2v) is 4.07. The first-order chi connectivity index (χ1) is 9.11. The molecule has 0 bridgehead atoms. The van der Waals surface area contributed by atoms with Crippen LogP contribution in [-0.4, -0.2) is 18.9 Å². The van der Waals surface area contributed by atoms with Gasteiger partial charge in [-0.05, 0) is 29.3 Å². The predicted molar refractivity (Wildman–Crippen MR) is 74.2 cm³/mol. The van der Waals surface area contributed by atoms with Gasteiger partial charge in [-0.3, -0.25) is 5.41 Å². The number of carbonyl (C=O) groups excluding carboxylic acids is 1.